The maximum atomic E-state index is 11.3. The third kappa shape index (κ3) is 3.33. The molecule has 0 aliphatic heterocycles. The van der Waals surface area contributed by atoms with Gasteiger partial charge in [-0.1, -0.05) is 20.8 Å². The lowest BCUT2D eigenvalue weighted by atomic mass is 9.96. The van der Waals surface area contributed by atoms with Gasteiger partial charge in [-0.25, -0.2) is 4.98 Å². The molecule has 118 valence electrons. The number of hydrogen-bond donors (Lipinski definition) is 1. The van der Waals surface area contributed by atoms with Crippen molar-refractivity contribution in [2.24, 2.45) is 0 Å². The smallest absolute Gasteiger partial charge is 0.372 e. The van der Waals surface area contributed by atoms with Crippen LogP contribution in [-0.4, -0.2) is 22.0 Å². The predicted molar refractivity (Wildman–Crippen MR) is 80.0 cm³/mol. The minimum atomic E-state index is -0.560. The van der Waals surface area contributed by atoms with Gasteiger partial charge in [0.15, 0.2) is 0 Å². The van der Waals surface area contributed by atoms with Crippen molar-refractivity contribution in [3.63, 3.8) is 0 Å². The fourth-order valence-electron chi connectivity index (χ4n) is 1.78. The Morgan fingerprint density at radius 1 is 1.41 bits per heavy atom. The zero-order valence-electron chi connectivity index (χ0n) is 12.9. The predicted octanol–water partition coefficient (Wildman–Crippen LogP) is 2.90. The molecule has 2 heterocycles. The summed E-state index contributed by atoms with van der Waals surface area (Å²) < 4.78 is 10.3. The summed E-state index contributed by atoms with van der Waals surface area (Å²) >= 11 is 0. The molecule has 8 heteroatoms. The number of nitrogens with one attached hydrogen (secondary N) is 1. The SMILES string of the molecule is COc1nc(C(C)(C)C)nc(NCc2ccco2)c1[N+](=O)[O-]. The molecule has 0 saturated carbocycles. The first-order valence-electron chi connectivity index (χ1n) is 6.70. The van der Waals surface area contributed by atoms with Gasteiger partial charge in [-0.15, -0.1) is 0 Å². The summed E-state index contributed by atoms with van der Waals surface area (Å²) in [5, 5.41) is 14.2. The van der Waals surface area contributed by atoms with E-state index >= 15 is 0 Å². The lowest BCUT2D eigenvalue weighted by molar-refractivity contribution is -0.385. The number of anilines is 1. The van der Waals surface area contributed by atoms with Crippen molar-refractivity contribution in [1.82, 2.24) is 9.97 Å². The number of rotatable bonds is 5. The van der Waals surface area contributed by atoms with Gasteiger partial charge in [0.25, 0.3) is 5.88 Å². The first-order valence-corrected chi connectivity index (χ1v) is 6.70. The second kappa shape index (κ2) is 6.00. The molecular formula is C14H18N4O4. The Bertz CT molecular complexity index is 662. The van der Waals surface area contributed by atoms with E-state index in [0.29, 0.717) is 11.6 Å². The van der Waals surface area contributed by atoms with Crippen molar-refractivity contribution in [2.75, 3.05) is 12.4 Å². The van der Waals surface area contributed by atoms with Crippen LogP contribution in [0.2, 0.25) is 0 Å². The number of ether oxygens (including phenoxy) is 1. The number of hydrogen-bond acceptors (Lipinski definition) is 7. The maximum Gasteiger partial charge on any atom is 0.372 e. The molecule has 0 unspecified atom stereocenters. The van der Waals surface area contributed by atoms with Crippen LogP contribution in [0.4, 0.5) is 11.5 Å². The van der Waals surface area contributed by atoms with Crippen molar-refractivity contribution in [2.45, 2.75) is 32.7 Å². The molecule has 1 N–H and O–H groups in total. The Kier molecular flexibility index (Phi) is 4.30. The average Bonchev–Trinajstić information content (AvgIpc) is 2.95. The average molecular weight is 306 g/mol. The summed E-state index contributed by atoms with van der Waals surface area (Å²) in [6, 6.07) is 3.51. The first-order chi connectivity index (χ1) is 10.3. The van der Waals surface area contributed by atoms with E-state index in [1.807, 2.05) is 20.8 Å². The zero-order valence-corrected chi connectivity index (χ0v) is 12.9. The van der Waals surface area contributed by atoms with Gasteiger partial charge in [0.2, 0.25) is 5.82 Å². The van der Waals surface area contributed by atoms with E-state index < -0.39 is 4.92 Å². The fraction of sp³-hybridized carbons (Fsp3) is 0.429. The summed E-state index contributed by atoms with van der Waals surface area (Å²) in [5.74, 6) is 1.14. The Hall–Kier alpha value is -2.64. The molecule has 2 aromatic rings. The third-order valence-electron chi connectivity index (χ3n) is 2.91. The second-order valence-electron chi connectivity index (χ2n) is 5.69. The van der Waals surface area contributed by atoms with Gasteiger partial charge in [0, 0.05) is 5.41 Å². The highest BCUT2D eigenvalue weighted by atomic mass is 16.6. The lowest BCUT2D eigenvalue weighted by Crippen LogP contribution is -2.19. The first kappa shape index (κ1) is 15.7. The van der Waals surface area contributed by atoms with Crippen LogP contribution in [0, 0.1) is 10.1 Å². The molecule has 0 bridgehead atoms. The zero-order chi connectivity index (χ0) is 16.3. The van der Waals surface area contributed by atoms with Crippen LogP contribution in [0.1, 0.15) is 32.4 Å². The van der Waals surface area contributed by atoms with Gasteiger partial charge >= 0.3 is 5.69 Å². The summed E-state index contributed by atoms with van der Waals surface area (Å²) in [6.45, 7) is 6.04. The number of furan rings is 1. The minimum Gasteiger partial charge on any atom is -0.476 e. The van der Waals surface area contributed by atoms with Gasteiger partial charge in [0.1, 0.15) is 11.6 Å². The van der Waals surface area contributed by atoms with E-state index in [2.05, 4.69) is 15.3 Å². The van der Waals surface area contributed by atoms with Crippen LogP contribution in [-0.2, 0) is 12.0 Å². The van der Waals surface area contributed by atoms with E-state index in [-0.39, 0.29) is 29.3 Å². The third-order valence-corrected chi connectivity index (χ3v) is 2.91. The maximum absolute atomic E-state index is 11.3. The molecule has 0 aromatic carbocycles. The van der Waals surface area contributed by atoms with Gasteiger partial charge in [-0.2, -0.15) is 4.98 Å². The van der Waals surface area contributed by atoms with Gasteiger partial charge in [-0.3, -0.25) is 10.1 Å². The number of nitrogens with zero attached hydrogens (tertiary/aromatic N) is 3. The number of nitro groups is 1. The van der Waals surface area contributed by atoms with E-state index in [9.17, 15) is 10.1 Å². The number of methoxy groups -OCH3 is 1. The van der Waals surface area contributed by atoms with Crippen LogP contribution in [0.15, 0.2) is 22.8 Å². The molecule has 0 aliphatic rings. The van der Waals surface area contributed by atoms with Crippen molar-refractivity contribution < 1.29 is 14.1 Å². The van der Waals surface area contributed by atoms with Crippen molar-refractivity contribution in [3.8, 4) is 5.88 Å². The molecule has 0 saturated heterocycles. The van der Waals surface area contributed by atoms with Crippen molar-refractivity contribution in [1.29, 1.82) is 0 Å². The van der Waals surface area contributed by atoms with E-state index in [1.165, 1.54) is 13.4 Å². The summed E-state index contributed by atoms with van der Waals surface area (Å²) in [4.78, 5) is 19.2. The second-order valence-corrected chi connectivity index (χ2v) is 5.69. The molecule has 2 rings (SSSR count). The molecule has 0 radical (unpaired) electrons. The Balaban J connectivity index is 2.45. The highest BCUT2D eigenvalue weighted by Crippen LogP contribution is 2.34. The Labute approximate surface area is 127 Å². The lowest BCUT2D eigenvalue weighted by Gasteiger charge is -2.18. The topological polar surface area (TPSA) is 103 Å². The standard InChI is InChI=1S/C14H18N4O4/c1-14(2,3)13-16-11(15-8-9-6-5-7-22-9)10(18(19)20)12(17-13)21-4/h5-7H,8H2,1-4H3,(H,15,16,17). The normalized spacial score (nSPS) is 11.3. The molecule has 0 fully saturated rings. The van der Waals surface area contributed by atoms with Crippen molar-refractivity contribution >= 4 is 11.5 Å². The van der Waals surface area contributed by atoms with Crippen LogP contribution < -0.4 is 10.1 Å². The molecule has 0 atom stereocenters. The van der Waals surface area contributed by atoms with Crippen LogP contribution in [0.3, 0.4) is 0 Å². The fourth-order valence-corrected chi connectivity index (χ4v) is 1.78. The van der Waals surface area contributed by atoms with Gasteiger partial charge in [0.05, 0.1) is 24.8 Å². The highest BCUT2D eigenvalue weighted by molar-refractivity contribution is 5.62. The molecule has 22 heavy (non-hydrogen) atoms. The Morgan fingerprint density at radius 3 is 2.64 bits per heavy atom. The largest absolute Gasteiger partial charge is 0.476 e. The monoisotopic (exact) mass is 306 g/mol. The Morgan fingerprint density at radius 2 is 2.14 bits per heavy atom. The summed E-state index contributed by atoms with van der Waals surface area (Å²) in [5.41, 5.74) is -0.661. The number of aromatic nitrogens is 2. The quantitative estimate of drug-likeness (QED) is 0.669. The molecule has 0 spiro atoms. The molecule has 0 amide bonds. The summed E-state index contributed by atoms with van der Waals surface area (Å²) in [6.07, 6.45) is 1.53. The minimum absolute atomic E-state index is 0.0631. The van der Waals surface area contributed by atoms with Crippen molar-refractivity contribution in [3.05, 3.63) is 40.1 Å². The van der Waals surface area contributed by atoms with Gasteiger partial charge in [-0.05, 0) is 12.1 Å². The molecular weight excluding hydrogens is 288 g/mol. The summed E-state index contributed by atoms with van der Waals surface area (Å²) in [7, 11) is 1.35. The molecule has 2 aromatic heterocycles. The van der Waals surface area contributed by atoms with Gasteiger partial charge < -0.3 is 14.5 Å². The molecule has 0 aliphatic carbocycles. The van der Waals surface area contributed by atoms with E-state index in [4.69, 9.17) is 9.15 Å². The highest BCUT2D eigenvalue weighted by Gasteiger charge is 2.29. The van der Waals surface area contributed by atoms with E-state index in [0.717, 1.165) is 0 Å². The molecule has 8 nitrogen and oxygen atoms in total. The van der Waals surface area contributed by atoms with E-state index in [1.54, 1.807) is 12.1 Å². The van der Waals surface area contributed by atoms with Crippen LogP contribution in [0.5, 0.6) is 5.88 Å². The van der Waals surface area contributed by atoms with Crippen LogP contribution >= 0.6 is 0 Å². The van der Waals surface area contributed by atoms with Crippen LogP contribution in [0.25, 0.3) is 0 Å².